The van der Waals surface area contributed by atoms with Crippen LogP contribution in [0.5, 0.6) is 0 Å². The minimum Gasteiger partial charge on any atom is -0.381 e. The second kappa shape index (κ2) is 3.94. The second-order valence-corrected chi connectivity index (χ2v) is 3.99. The van der Waals surface area contributed by atoms with E-state index in [1.165, 1.54) is 0 Å². The fraction of sp³-hybridized carbons (Fsp3) is 0.200. The number of hydrogen-bond acceptors (Lipinski definition) is 4. The van der Waals surface area contributed by atoms with Crippen molar-refractivity contribution in [2.45, 2.75) is 11.8 Å². The van der Waals surface area contributed by atoms with E-state index in [1.807, 2.05) is 31.4 Å². The first-order valence-electron chi connectivity index (χ1n) is 4.55. The van der Waals surface area contributed by atoms with E-state index in [4.69, 9.17) is 5.73 Å². The van der Waals surface area contributed by atoms with Crippen molar-refractivity contribution in [1.29, 1.82) is 0 Å². The van der Waals surface area contributed by atoms with Crippen LogP contribution < -0.4 is 5.73 Å². The van der Waals surface area contributed by atoms with Gasteiger partial charge in [0, 0.05) is 4.90 Å². The maximum atomic E-state index is 5.67. The van der Waals surface area contributed by atoms with E-state index in [2.05, 4.69) is 16.4 Å². The Hall–Kier alpha value is -1.49. The molecule has 1 aromatic carbocycles. The van der Waals surface area contributed by atoms with Gasteiger partial charge in [0.05, 0.1) is 11.4 Å². The summed E-state index contributed by atoms with van der Waals surface area (Å²) in [6.45, 7) is 1.91. The van der Waals surface area contributed by atoms with Gasteiger partial charge in [0.25, 0.3) is 0 Å². The first-order chi connectivity index (χ1) is 7.24. The summed E-state index contributed by atoms with van der Waals surface area (Å²) in [6.07, 6.45) is 2.04. The highest BCUT2D eigenvalue weighted by Crippen LogP contribution is 2.24. The molecule has 0 aliphatic rings. The van der Waals surface area contributed by atoms with Crippen molar-refractivity contribution in [3.05, 3.63) is 30.0 Å². The van der Waals surface area contributed by atoms with E-state index in [-0.39, 0.29) is 0 Å². The van der Waals surface area contributed by atoms with E-state index in [0.717, 1.165) is 16.3 Å². The van der Waals surface area contributed by atoms with Crippen molar-refractivity contribution < 1.29 is 0 Å². The number of nitrogens with two attached hydrogens (primary N) is 1. The fourth-order valence-electron chi connectivity index (χ4n) is 1.37. The molecule has 1 aromatic heterocycles. The number of benzene rings is 1. The molecule has 0 atom stereocenters. The maximum Gasteiger partial charge on any atom is 0.169 e. The van der Waals surface area contributed by atoms with Gasteiger partial charge in [-0.1, -0.05) is 17.3 Å². The van der Waals surface area contributed by atoms with Gasteiger partial charge in [-0.15, -0.1) is 16.9 Å². The van der Waals surface area contributed by atoms with Crippen LogP contribution in [0.15, 0.2) is 29.2 Å². The quantitative estimate of drug-likeness (QED) is 0.785. The Morgan fingerprint density at radius 3 is 2.67 bits per heavy atom. The number of nitrogens with zero attached hydrogens (tertiary/aromatic N) is 3. The highest BCUT2D eigenvalue weighted by molar-refractivity contribution is 7.98. The predicted octanol–water partition coefficient (Wildman–Crippen LogP) is 1.88. The molecule has 2 N–H and O–H groups in total. The van der Waals surface area contributed by atoms with Crippen LogP contribution in [0.3, 0.4) is 0 Å². The summed E-state index contributed by atoms with van der Waals surface area (Å²) < 4.78 is 1.77. The lowest BCUT2D eigenvalue weighted by Crippen LogP contribution is -2.01. The van der Waals surface area contributed by atoms with Gasteiger partial charge < -0.3 is 5.73 Å². The molecule has 5 heteroatoms. The van der Waals surface area contributed by atoms with Crippen LogP contribution in [0, 0.1) is 6.92 Å². The van der Waals surface area contributed by atoms with Crippen LogP contribution in [-0.4, -0.2) is 21.2 Å². The average molecular weight is 220 g/mol. The summed E-state index contributed by atoms with van der Waals surface area (Å²) in [5.74, 6) is 0.478. The van der Waals surface area contributed by atoms with Crippen molar-refractivity contribution >= 4 is 17.6 Å². The number of hydrogen-bond donors (Lipinski definition) is 1. The molecule has 0 bridgehead atoms. The Labute approximate surface area is 92.5 Å². The maximum absolute atomic E-state index is 5.67. The molecule has 78 valence electrons. The van der Waals surface area contributed by atoms with Crippen LogP contribution in [0.25, 0.3) is 5.69 Å². The number of thioether (sulfide) groups is 1. The molecule has 0 unspecified atom stereocenters. The molecule has 0 amide bonds. The van der Waals surface area contributed by atoms with E-state index in [1.54, 1.807) is 16.4 Å². The van der Waals surface area contributed by atoms with E-state index >= 15 is 0 Å². The molecule has 0 aliphatic heterocycles. The Morgan fingerprint density at radius 2 is 2.07 bits per heavy atom. The van der Waals surface area contributed by atoms with Crippen molar-refractivity contribution in [3.8, 4) is 5.69 Å². The van der Waals surface area contributed by atoms with Crippen LogP contribution in [0.4, 0.5) is 5.82 Å². The number of aromatic nitrogens is 3. The number of para-hydroxylation sites is 1. The lowest BCUT2D eigenvalue weighted by molar-refractivity contribution is 0.774. The molecule has 2 rings (SSSR count). The summed E-state index contributed by atoms with van der Waals surface area (Å²) >= 11 is 1.68. The van der Waals surface area contributed by atoms with Gasteiger partial charge in [-0.25, -0.2) is 4.68 Å². The molecule has 4 nitrogen and oxygen atoms in total. The summed E-state index contributed by atoms with van der Waals surface area (Å²) in [7, 11) is 0. The summed E-state index contributed by atoms with van der Waals surface area (Å²) in [6, 6.07) is 8.04. The number of rotatable bonds is 2. The van der Waals surface area contributed by atoms with Crippen molar-refractivity contribution in [1.82, 2.24) is 15.0 Å². The third-order valence-electron chi connectivity index (χ3n) is 2.24. The summed E-state index contributed by atoms with van der Waals surface area (Å²) in [4.78, 5) is 1.16. The Morgan fingerprint density at radius 1 is 1.33 bits per heavy atom. The molecule has 0 radical (unpaired) electrons. The number of nitrogen functional groups attached to an aromatic ring is 1. The monoisotopic (exact) mass is 220 g/mol. The molecular weight excluding hydrogens is 208 g/mol. The first-order valence-corrected chi connectivity index (χ1v) is 5.77. The zero-order chi connectivity index (χ0) is 10.8. The standard InChI is InChI=1S/C10H12N4S/c1-7-10(11)12-13-14(7)8-5-3-4-6-9(8)15-2/h3-6H,11H2,1-2H3. The topological polar surface area (TPSA) is 56.7 Å². The van der Waals surface area contributed by atoms with Crippen LogP contribution in [0.2, 0.25) is 0 Å². The molecule has 0 saturated heterocycles. The Kier molecular flexibility index (Phi) is 2.64. The largest absolute Gasteiger partial charge is 0.381 e. The third kappa shape index (κ3) is 1.70. The van der Waals surface area contributed by atoms with Gasteiger partial charge in [0.15, 0.2) is 5.82 Å². The zero-order valence-corrected chi connectivity index (χ0v) is 9.45. The zero-order valence-electron chi connectivity index (χ0n) is 8.64. The molecule has 0 saturated carbocycles. The van der Waals surface area contributed by atoms with Crippen LogP contribution in [-0.2, 0) is 0 Å². The second-order valence-electron chi connectivity index (χ2n) is 3.14. The molecule has 0 fully saturated rings. The SMILES string of the molecule is CSc1ccccc1-n1nnc(N)c1C. The number of anilines is 1. The molecule has 0 spiro atoms. The smallest absolute Gasteiger partial charge is 0.169 e. The summed E-state index contributed by atoms with van der Waals surface area (Å²) in [5.41, 5.74) is 7.56. The molecule has 1 heterocycles. The average Bonchev–Trinajstić information content (AvgIpc) is 2.60. The fourth-order valence-corrected chi connectivity index (χ4v) is 1.95. The van der Waals surface area contributed by atoms with Gasteiger partial charge in [-0.2, -0.15) is 0 Å². The Bertz CT molecular complexity index is 478. The van der Waals surface area contributed by atoms with Gasteiger partial charge in [0.2, 0.25) is 0 Å². The normalized spacial score (nSPS) is 10.5. The lowest BCUT2D eigenvalue weighted by atomic mass is 10.3. The first kappa shape index (κ1) is 10.0. The van der Waals surface area contributed by atoms with Crippen LogP contribution in [0.1, 0.15) is 5.69 Å². The minimum absolute atomic E-state index is 0.478. The van der Waals surface area contributed by atoms with Gasteiger partial charge >= 0.3 is 0 Å². The van der Waals surface area contributed by atoms with Crippen molar-refractivity contribution in [3.63, 3.8) is 0 Å². The third-order valence-corrected chi connectivity index (χ3v) is 3.03. The van der Waals surface area contributed by atoms with Crippen LogP contribution >= 0.6 is 11.8 Å². The highest BCUT2D eigenvalue weighted by atomic mass is 32.2. The van der Waals surface area contributed by atoms with Gasteiger partial charge in [-0.3, -0.25) is 0 Å². The molecule has 0 aliphatic carbocycles. The lowest BCUT2D eigenvalue weighted by Gasteiger charge is -2.07. The van der Waals surface area contributed by atoms with Gasteiger partial charge in [-0.05, 0) is 25.3 Å². The highest BCUT2D eigenvalue weighted by Gasteiger charge is 2.09. The molecule has 2 aromatic rings. The van der Waals surface area contributed by atoms with E-state index in [0.29, 0.717) is 5.82 Å². The molecular formula is C10H12N4S. The predicted molar refractivity (Wildman–Crippen MR) is 62.3 cm³/mol. The van der Waals surface area contributed by atoms with Crippen molar-refractivity contribution in [2.75, 3.05) is 12.0 Å². The molecule has 15 heavy (non-hydrogen) atoms. The minimum atomic E-state index is 0.478. The summed E-state index contributed by atoms with van der Waals surface area (Å²) in [5, 5.41) is 7.87. The van der Waals surface area contributed by atoms with Gasteiger partial charge in [0.1, 0.15) is 0 Å². The van der Waals surface area contributed by atoms with E-state index in [9.17, 15) is 0 Å². The van der Waals surface area contributed by atoms with Crippen molar-refractivity contribution in [2.24, 2.45) is 0 Å². The van der Waals surface area contributed by atoms with E-state index < -0.39 is 0 Å². The Balaban J connectivity index is 2.58.